The third-order valence-corrected chi connectivity index (χ3v) is 2.61. The van der Waals surface area contributed by atoms with Crippen LogP contribution in [0, 0.1) is 12.8 Å². The molecule has 2 N–H and O–H groups in total. The van der Waals surface area contributed by atoms with E-state index < -0.39 is 11.9 Å². The molecular formula is C13H19N3O4. The second kappa shape index (κ2) is 7.42. The highest BCUT2D eigenvalue weighted by molar-refractivity contribution is 5.90. The van der Waals surface area contributed by atoms with E-state index in [1.165, 1.54) is 6.20 Å². The molecule has 20 heavy (non-hydrogen) atoms. The molecule has 0 saturated carbocycles. The first-order valence-electron chi connectivity index (χ1n) is 6.40. The van der Waals surface area contributed by atoms with E-state index in [1.807, 2.05) is 6.92 Å². The second-order valence-electron chi connectivity index (χ2n) is 4.50. The lowest BCUT2D eigenvalue weighted by Crippen LogP contribution is -2.17. The minimum atomic E-state index is -0.839. The van der Waals surface area contributed by atoms with Crippen LogP contribution in [0.15, 0.2) is 6.20 Å². The third-order valence-electron chi connectivity index (χ3n) is 2.61. The quantitative estimate of drug-likeness (QED) is 0.730. The maximum atomic E-state index is 11.6. The zero-order valence-corrected chi connectivity index (χ0v) is 11.8. The maximum absolute atomic E-state index is 11.6. The Hall–Kier alpha value is -2.18. The fourth-order valence-corrected chi connectivity index (χ4v) is 1.60. The third kappa shape index (κ3) is 4.83. The Bertz CT molecular complexity index is 491. The van der Waals surface area contributed by atoms with Gasteiger partial charge in [-0.3, -0.25) is 4.79 Å². The number of anilines is 1. The number of carbonyl (C=O) groups excluding carboxylic acids is 1. The molecule has 1 aromatic rings. The number of aromatic nitrogens is 2. The molecule has 0 aliphatic carbocycles. The molecule has 1 unspecified atom stereocenters. The lowest BCUT2D eigenvalue weighted by Gasteiger charge is -2.11. The summed E-state index contributed by atoms with van der Waals surface area (Å²) in [5.41, 5.74) is 0.850. The van der Waals surface area contributed by atoms with Crippen LogP contribution in [0.25, 0.3) is 0 Å². The molecule has 7 heteroatoms. The summed E-state index contributed by atoms with van der Waals surface area (Å²) in [6.07, 6.45) is 1.48. The Kier molecular flexibility index (Phi) is 5.89. The number of esters is 1. The summed E-state index contributed by atoms with van der Waals surface area (Å²) in [4.78, 5) is 30.3. The number of nitrogens with zero attached hydrogens (tertiary/aromatic N) is 2. The molecule has 0 aliphatic rings. The topological polar surface area (TPSA) is 101 Å². The van der Waals surface area contributed by atoms with E-state index >= 15 is 0 Å². The van der Waals surface area contributed by atoms with Crippen LogP contribution >= 0.6 is 0 Å². The predicted molar refractivity (Wildman–Crippen MR) is 72.6 cm³/mol. The molecule has 0 aromatic carbocycles. The Labute approximate surface area is 117 Å². The van der Waals surface area contributed by atoms with E-state index in [9.17, 15) is 9.59 Å². The highest BCUT2D eigenvalue weighted by Crippen LogP contribution is 2.10. The van der Waals surface area contributed by atoms with Gasteiger partial charge in [-0.05, 0) is 19.8 Å². The van der Waals surface area contributed by atoms with Crippen LogP contribution in [0.4, 0.5) is 5.95 Å². The van der Waals surface area contributed by atoms with Crippen molar-refractivity contribution in [2.75, 3.05) is 18.5 Å². The van der Waals surface area contributed by atoms with Gasteiger partial charge >= 0.3 is 11.9 Å². The normalized spacial score (nSPS) is 11.8. The maximum Gasteiger partial charge on any atom is 0.341 e. The summed E-state index contributed by atoms with van der Waals surface area (Å²) >= 11 is 0. The van der Waals surface area contributed by atoms with Crippen LogP contribution < -0.4 is 5.32 Å². The minimum absolute atomic E-state index is 0.0406. The Morgan fingerprint density at radius 2 is 2.20 bits per heavy atom. The van der Waals surface area contributed by atoms with Gasteiger partial charge < -0.3 is 15.2 Å². The first-order chi connectivity index (χ1) is 9.43. The zero-order chi connectivity index (χ0) is 15.1. The summed E-state index contributed by atoms with van der Waals surface area (Å²) in [6, 6.07) is 0. The van der Waals surface area contributed by atoms with Crippen molar-refractivity contribution >= 4 is 17.9 Å². The fourth-order valence-electron chi connectivity index (χ4n) is 1.60. The van der Waals surface area contributed by atoms with Crippen molar-refractivity contribution in [3.05, 3.63) is 17.5 Å². The summed E-state index contributed by atoms with van der Waals surface area (Å²) in [7, 11) is 0. The van der Waals surface area contributed by atoms with Gasteiger partial charge in [0.1, 0.15) is 0 Å². The van der Waals surface area contributed by atoms with E-state index in [-0.39, 0.29) is 12.3 Å². The number of nitrogens with one attached hydrogen (secondary N) is 1. The van der Waals surface area contributed by atoms with Crippen LogP contribution in [-0.2, 0) is 9.53 Å². The van der Waals surface area contributed by atoms with Gasteiger partial charge in [0.05, 0.1) is 17.9 Å². The van der Waals surface area contributed by atoms with E-state index in [4.69, 9.17) is 9.84 Å². The van der Waals surface area contributed by atoms with Gasteiger partial charge in [0, 0.05) is 19.2 Å². The fraction of sp³-hybridized carbons (Fsp3) is 0.538. The van der Waals surface area contributed by atoms with Gasteiger partial charge in [-0.25, -0.2) is 14.8 Å². The molecule has 0 fully saturated rings. The average Bonchev–Trinajstić information content (AvgIpc) is 2.35. The number of ether oxygens (including phenoxy) is 1. The summed E-state index contributed by atoms with van der Waals surface area (Å²) in [6.45, 7) is 5.99. The van der Waals surface area contributed by atoms with Crippen molar-refractivity contribution in [1.82, 2.24) is 9.97 Å². The van der Waals surface area contributed by atoms with Crippen LogP contribution in [0.5, 0.6) is 0 Å². The molecule has 0 aliphatic heterocycles. The molecule has 1 atom stereocenters. The highest BCUT2D eigenvalue weighted by atomic mass is 16.5. The van der Waals surface area contributed by atoms with Crippen LogP contribution in [0.1, 0.15) is 36.3 Å². The van der Waals surface area contributed by atoms with E-state index in [0.29, 0.717) is 30.4 Å². The molecule has 7 nitrogen and oxygen atoms in total. The first-order valence-corrected chi connectivity index (χ1v) is 6.40. The molecule has 0 bridgehead atoms. The lowest BCUT2D eigenvalue weighted by molar-refractivity contribution is -0.137. The number of aryl methyl sites for hydroxylation is 1. The number of hydrogen-bond acceptors (Lipinski definition) is 6. The summed E-state index contributed by atoms with van der Waals surface area (Å²) in [5.74, 6) is -0.959. The van der Waals surface area contributed by atoms with Gasteiger partial charge in [0.2, 0.25) is 5.95 Å². The van der Waals surface area contributed by atoms with E-state index in [0.717, 1.165) is 0 Å². The number of carboxylic acid groups (broad SMARTS) is 1. The van der Waals surface area contributed by atoms with Gasteiger partial charge in [0.25, 0.3) is 0 Å². The van der Waals surface area contributed by atoms with Crippen LogP contribution in [-0.4, -0.2) is 40.2 Å². The molecule has 110 valence electrons. The number of rotatable bonds is 7. The molecule has 0 amide bonds. The van der Waals surface area contributed by atoms with Crippen molar-refractivity contribution in [2.45, 2.75) is 27.2 Å². The molecule has 1 heterocycles. The monoisotopic (exact) mass is 281 g/mol. The Balaban J connectivity index is 2.63. The molecule has 0 saturated heterocycles. The lowest BCUT2D eigenvalue weighted by atomic mass is 10.1. The second-order valence-corrected chi connectivity index (χ2v) is 4.50. The van der Waals surface area contributed by atoms with Crippen molar-refractivity contribution in [3.8, 4) is 0 Å². The average molecular weight is 281 g/mol. The van der Waals surface area contributed by atoms with Gasteiger partial charge in [0.15, 0.2) is 0 Å². The molecule has 0 spiro atoms. The Morgan fingerprint density at radius 3 is 2.75 bits per heavy atom. The molecular weight excluding hydrogens is 262 g/mol. The highest BCUT2D eigenvalue weighted by Gasteiger charge is 2.13. The number of aliphatic carboxylic acids is 1. The van der Waals surface area contributed by atoms with Gasteiger partial charge in [-0.1, -0.05) is 6.92 Å². The number of carboxylic acids is 1. The molecule has 1 aromatic heterocycles. The van der Waals surface area contributed by atoms with Gasteiger partial charge in [-0.2, -0.15) is 0 Å². The standard InChI is InChI=1S/C13H19N3O4/c1-4-20-12(19)10-7-15-13(16-9(10)3)14-6-8(2)5-11(17)18/h7-8H,4-6H2,1-3H3,(H,17,18)(H,14,15,16). The van der Waals surface area contributed by atoms with Crippen LogP contribution in [0.3, 0.4) is 0 Å². The van der Waals surface area contributed by atoms with Crippen molar-refractivity contribution in [2.24, 2.45) is 5.92 Å². The number of hydrogen-bond donors (Lipinski definition) is 2. The SMILES string of the molecule is CCOC(=O)c1cnc(NCC(C)CC(=O)O)nc1C. The van der Waals surface area contributed by atoms with Crippen molar-refractivity contribution in [1.29, 1.82) is 0 Å². The van der Waals surface area contributed by atoms with Crippen LogP contribution in [0.2, 0.25) is 0 Å². The summed E-state index contributed by atoms with van der Waals surface area (Å²) in [5, 5.41) is 11.6. The minimum Gasteiger partial charge on any atom is -0.481 e. The van der Waals surface area contributed by atoms with Crippen molar-refractivity contribution < 1.29 is 19.4 Å². The first kappa shape index (κ1) is 15.9. The molecule has 1 rings (SSSR count). The van der Waals surface area contributed by atoms with Gasteiger partial charge in [-0.15, -0.1) is 0 Å². The summed E-state index contributed by atoms with van der Waals surface area (Å²) < 4.78 is 4.89. The largest absolute Gasteiger partial charge is 0.481 e. The van der Waals surface area contributed by atoms with Crippen molar-refractivity contribution in [3.63, 3.8) is 0 Å². The van der Waals surface area contributed by atoms with E-state index in [2.05, 4.69) is 15.3 Å². The van der Waals surface area contributed by atoms with E-state index in [1.54, 1.807) is 13.8 Å². The number of carbonyl (C=O) groups is 2. The zero-order valence-electron chi connectivity index (χ0n) is 11.8. The molecule has 0 radical (unpaired) electrons. The Morgan fingerprint density at radius 1 is 1.50 bits per heavy atom. The smallest absolute Gasteiger partial charge is 0.341 e. The predicted octanol–water partition coefficient (Wildman–Crippen LogP) is 1.48.